The van der Waals surface area contributed by atoms with Crippen LogP contribution in [0.5, 0.6) is 0 Å². The van der Waals surface area contributed by atoms with Gasteiger partial charge in [-0.2, -0.15) is 0 Å². The molecule has 7 nitrogen and oxygen atoms in total. The number of nitrogens with one attached hydrogen (secondary N) is 1. The van der Waals surface area contributed by atoms with Crippen molar-refractivity contribution in [3.05, 3.63) is 28.6 Å². The topological polar surface area (TPSA) is 112 Å². The van der Waals surface area contributed by atoms with Crippen LogP contribution >= 0.6 is 15.9 Å². The predicted molar refractivity (Wildman–Crippen MR) is 64.1 cm³/mol. The van der Waals surface area contributed by atoms with Crippen LogP contribution in [0.1, 0.15) is 5.76 Å². The van der Waals surface area contributed by atoms with E-state index in [4.69, 9.17) is 10.2 Å². The van der Waals surface area contributed by atoms with E-state index in [1.165, 1.54) is 6.08 Å². The van der Waals surface area contributed by atoms with Crippen molar-refractivity contribution in [3.63, 3.8) is 0 Å². The second-order valence-electron chi connectivity index (χ2n) is 3.00. The minimum Gasteiger partial charge on any atom is -0.452 e. The van der Waals surface area contributed by atoms with Gasteiger partial charge in [0.25, 0.3) is 5.91 Å². The van der Waals surface area contributed by atoms with Crippen LogP contribution in [0.15, 0.2) is 27.3 Å². The summed E-state index contributed by atoms with van der Waals surface area (Å²) in [7, 11) is 0. The van der Waals surface area contributed by atoms with Gasteiger partial charge in [0.2, 0.25) is 0 Å². The quantitative estimate of drug-likeness (QED) is 0.630. The maximum Gasteiger partial charge on any atom is 0.331 e. The molecule has 3 N–H and O–H groups in total. The maximum atomic E-state index is 11.2. The van der Waals surface area contributed by atoms with E-state index in [0.29, 0.717) is 10.4 Å². The van der Waals surface area contributed by atoms with Gasteiger partial charge in [-0.15, -0.1) is 0 Å². The summed E-state index contributed by atoms with van der Waals surface area (Å²) in [4.78, 5) is 32.3. The number of hydrogen-bond acceptors (Lipinski definition) is 5. The van der Waals surface area contributed by atoms with Crippen LogP contribution < -0.4 is 11.1 Å². The Morgan fingerprint density at radius 1 is 1.44 bits per heavy atom. The van der Waals surface area contributed by atoms with E-state index in [1.54, 1.807) is 17.4 Å². The molecule has 0 bridgehead atoms. The van der Waals surface area contributed by atoms with Gasteiger partial charge in [0, 0.05) is 6.08 Å². The van der Waals surface area contributed by atoms with E-state index >= 15 is 0 Å². The Labute approximate surface area is 110 Å². The lowest BCUT2D eigenvalue weighted by Gasteiger charge is -2.00. The summed E-state index contributed by atoms with van der Waals surface area (Å²) in [5, 5.41) is 1.75. The van der Waals surface area contributed by atoms with Crippen molar-refractivity contribution in [3.8, 4) is 0 Å². The Hall–Kier alpha value is -2.09. The summed E-state index contributed by atoms with van der Waals surface area (Å²) in [5.74, 6) is -1.10. The lowest BCUT2D eigenvalue weighted by molar-refractivity contribution is -0.143. The Morgan fingerprint density at radius 2 is 2.17 bits per heavy atom. The van der Waals surface area contributed by atoms with Gasteiger partial charge in [-0.05, 0) is 34.1 Å². The third-order valence-electron chi connectivity index (χ3n) is 1.59. The van der Waals surface area contributed by atoms with Gasteiger partial charge < -0.3 is 14.9 Å². The van der Waals surface area contributed by atoms with E-state index in [-0.39, 0.29) is 0 Å². The number of carbonyl (C=O) groups is 3. The smallest absolute Gasteiger partial charge is 0.331 e. The van der Waals surface area contributed by atoms with Crippen LogP contribution in [0, 0.1) is 0 Å². The van der Waals surface area contributed by atoms with Gasteiger partial charge >= 0.3 is 12.0 Å². The van der Waals surface area contributed by atoms with Crippen LogP contribution in [0.3, 0.4) is 0 Å². The van der Waals surface area contributed by atoms with Crippen molar-refractivity contribution < 1.29 is 23.5 Å². The molecule has 3 amide bonds. The molecule has 18 heavy (non-hydrogen) atoms. The zero-order valence-electron chi connectivity index (χ0n) is 9.01. The van der Waals surface area contributed by atoms with Crippen molar-refractivity contribution in [1.29, 1.82) is 0 Å². The molecular weight excluding hydrogens is 308 g/mol. The highest BCUT2D eigenvalue weighted by atomic mass is 79.9. The molecule has 0 aliphatic carbocycles. The van der Waals surface area contributed by atoms with Crippen molar-refractivity contribution in [2.45, 2.75) is 0 Å². The molecule has 1 aromatic heterocycles. The normalized spacial score (nSPS) is 10.3. The summed E-state index contributed by atoms with van der Waals surface area (Å²) < 4.78 is 10.2. The molecule has 0 aromatic carbocycles. The zero-order valence-corrected chi connectivity index (χ0v) is 10.6. The van der Waals surface area contributed by atoms with E-state index in [2.05, 4.69) is 20.7 Å². The number of esters is 1. The molecule has 1 heterocycles. The summed E-state index contributed by atoms with van der Waals surface area (Å²) in [5.41, 5.74) is 4.69. The molecule has 0 radical (unpaired) electrons. The molecule has 0 saturated carbocycles. The van der Waals surface area contributed by atoms with Gasteiger partial charge in [0.1, 0.15) is 5.76 Å². The van der Waals surface area contributed by atoms with Gasteiger partial charge in [0.05, 0.1) is 0 Å². The van der Waals surface area contributed by atoms with E-state index in [9.17, 15) is 14.4 Å². The highest BCUT2D eigenvalue weighted by Gasteiger charge is 2.06. The van der Waals surface area contributed by atoms with Crippen molar-refractivity contribution in [2.24, 2.45) is 5.73 Å². The fourth-order valence-electron chi connectivity index (χ4n) is 0.926. The Bertz CT molecular complexity index is 494. The third-order valence-corrected chi connectivity index (χ3v) is 2.01. The molecule has 0 unspecified atom stereocenters. The molecular formula is C10H9BrN2O5. The molecule has 1 aromatic rings. The molecule has 96 valence electrons. The summed E-state index contributed by atoms with van der Waals surface area (Å²) in [6.07, 6.45) is 2.46. The average Bonchev–Trinajstić information content (AvgIpc) is 2.69. The lowest BCUT2D eigenvalue weighted by Crippen LogP contribution is -2.37. The Balaban J connectivity index is 2.36. The number of carbonyl (C=O) groups excluding carboxylic acids is 3. The number of rotatable bonds is 4. The number of furan rings is 1. The number of nitrogens with two attached hydrogens (primary N) is 1. The average molecular weight is 317 g/mol. The minimum absolute atomic E-state index is 0.445. The molecule has 0 aliphatic rings. The van der Waals surface area contributed by atoms with Crippen molar-refractivity contribution in [2.75, 3.05) is 6.61 Å². The fraction of sp³-hybridized carbons (Fsp3) is 0.100. The third kappa shape index (κ3) is 5.30. The van der Waals surface area contributed by atoms with Crippen LogP contribution in [-0.4, -0.2) is 24.5 Å². The molecule has 8 heteroatoms. The first-order valence-corrected chi connectivity index (χ1v) is 5.46. The minimum atomic E-state index is -1.01. The standard InChI is InChI=1S/C10H9BrN2O5/c11-7-3-1-6(18-7)2-4-9(15)17-5-8(14)13-10(12)16/h1-4H,5H2,(H3,12,13,14,16)/b4-2+. The highest BCUT2D eigenvalue weighted by molar-refractivity contribution is 9.10. The van der Waals surface area contributed by atoms with Gasteiger partial charge in [-0.3, -0.25) is 10.1 Å². The van der Waals surface area contributed by atoms with Crippen molar-refractivity contribution in [1.82, 2.24) is 5.32 Å². The number of ether oxygens (including phenoxy) is 1. The van der Waals surface area contributed by atoms with Gasteiger partial charge in [-0.25, -0.2) is 9.59 Å². The highest BCUT2D eigenvalue weighted by Crippen LogP contribution is 2.14. The maximum absolute atomic E-state index is 11.2. The number of primary amides is 1. The molecule has 0 spiro atoms. The first-order chi connectivity index (χ1) is 8.47. The fourth-order valence-corrected chi connectivity index (χ4v) is 1.25. The molecule has 0 aliphatic heterocycles. The first kappa shape index (κ1) is 14.0. The second-order valence-corrected chi connectivity index (χ2v) is 3.78. The number of hydrogen-bond donors (Lipinski definition) is 2. The van der Waals surface area contributed by atoms with Crippen LogP contribution in [0.2, 0.25) is 0 Å². The van der Waals surface area contributed by atoms with Crippen molar-refractivity contribution >= 4 is 39.9 Å². The lowest BCUT2D eigenvalue weighted by atomic mass is 10.4. The molecule has 0 fully saturated rings. The molecule has 1 rings (SSSR count). The van der Waals surface area contributed by atoms with E-state index in [0.717, 1.165) is 6.08 Å². The van der Waals surface area contributed by atoms with Crippen LogP contribution in [0.25, 0.3) is 6.08 Å². The Kier molecular flexibility index (Phi) is 5.12. The van der Waals surface area contributed by atoms with Crippen LogP contribution in [-0.2, 0) is 14.3 Å². The second kappa shape index (κ2) is 6.60. The van der Waals surface area contributed by atoms with Crippen LogP contribution in [0.4, 0.5) is 4.79 Å². The van der Waals surface area contributed by atoms with E-state index in [1.807, 2.05) is 0 Å². The zero-order chi connectivity index (χ0) is 13.5. The SMILES string of the molecule is NC(=O)NC(=O)COC(=O)/C=C/c1ccc(Br)o1. The molecule has 0 atom stereocenters. The summed E-state index contributed by atoms with van der Waals surface area (Å²) >= 11 is 3.10. The van der Waals surface area contributed by atoms with Gasteiger partial charge in [-0.1, -0.05) is 0 Å². The monoisotopic (exact) mass is 316 g/mol. The first-order valence-electron chi connectivity index (χ1n) is 4.67. The van der Waals surface area contributed by atoms with Gasteiger partial charge in [0.15, 0.2) is 11.3 Å². The largest absolute Gasteiger partial charge is 0.452 e. The number of urea groups is 1. The number of imide groups is 1. The molecule has 0 saturated heterocycles. The summed E-state index contributed by atoms with van der Waals surface area (Å²) in [6, 6.07) is 2.28. The Morgan fingerprint density at radius 3 is 2.72 bits per heavy atom. The summed E-state index contributed by atoms with van der Waals surface area (Å²) in [6.45, 7) is -0.589. The van der Waals surface area contributed by atoms with E-state index < -0.39 is 24.5 Å². The number of amides is 3. The number of halogens is 1. The predicted octanol–water partition coefficient (Wildman–Crippen LogP) is 0.793.